The van der Waals surface area contributed by atoms with Crippen molar-refractivity contribution in [2.24, 2.45) is 5.92 Å². The molecule has 0 radical (unpaired) electrons. The van der Waals surface area contributed by atoms with Crippen molar-refractivity contribution in [1.29, 1.82) is 0 Å². The van der Waals surface area contributed by atoms with Gasteiger partial charge in [-0.2, -0.15) is 0 Å². The third kappa shape index (κ3) is 2.69. The van der Waals surface area contributed by atoms with E-state index < -0.39 is 4.92 Å². The van der Waals surface area contributed by atoms with Crippen LogP contribution in [0.5, 0.6) is 0 Å². The molecule has 0 spiro atoms. The third-order valence-electron chi connectivity index (χ3n) is 1.66. The Kier molecular flexibility index (Phi) is 3.39. The maximum atomic E-state index is 10.6. The number of nitrogens with zero attached hydrogens (tertiary/aromatic N) is 2. The van der Waals surface area contributed by atoms with Gasteiger partial charge in [-0.1, -0.05) is 13.8 Å². The summed E-state index contributed by atoms with van der Waals surface area (Å²) in [5, 5.41) is 13.6. The molecule has 1 aromatic rings. The highest BCUT2D eigenvalue weighted by atomic mass is 16.6. The van der Waals surface area contributed by atoms with Gasteiger partial charge in [-0.25, -0.2) is 0 Å². The van der Waals surface area contributed by atoms with Gasteiger partial charge in [-0.3, -0.25) is 0 Å². The molecule has 0 amide bonds. The van der Waals surface area contributed by atoms with Gasteiger partial charge < -0.3 is 15.4 Å². The Bertz CT molecular complexity index is 326. The van der Waals surface area contributed by atoms with Gasteiger partial charge in [-0.05, 0) is 28.0 Å². The average Bonchev–Trinajstić information content (AvgIpc) is 2.15. The van der Waals surface area contributed by atoms with Crippen LogP contribution in [0.1, 0.15) is 13.8 Å². The first-order valence-corrected chi connectivity index (χ1v) is 4.44. The highest BCUT2D eigenvalue weighted by molar-refractivity contribution is 5.56. The molecular weight excluding hydrogens is 182 g/mol. The Morgan fingerprint density at radius 2 is 2.36 bits per heavy atom. The largest absolute Gasteiger partial charge is 0.386 e. The molecule has 0 aliphatic heterocycles. The van der Waals surface area contributed by atoms with Crippen LogP contribution in [0, 0.1) is 16.0 Å². The Balaban J connectivity index is 2.79. The van der Waals surface area contributed by atoms with Gasteiger partial charge >= 0.3 is 5.82 Å². The Morgan fingerprint density at radius 1 is 1.64 bits per heavy atom. The fourth-order valence-electron chi connectivity index (χ4n) is 0.995. The standard InChI is InChI=1S/C9H13N3O2/c1-7(2)6-11-8-4-3-5-10-9(8)12(13)14/h3-5,7,11H,6H2,1-2H3. The van der Waals surface area contributed by atoms with Gasteiger partial charge in [0, 0.05) is 6.54 Å². The van der Waals surface area contributed by atoms with Crippen molar-refractivity contribution in [3.8, 4) is 0 Å². The average molecular weight is 195 g/mol. The summed E-state index contributed by atoms with van der Waals surface area (Å²) in [5.74, 6) is 0.322. The first kappa shape index (κ1) is 10.4. The lowest BCUT2D eigenvalue weighted by atomic mass is 10.2. The minimum Gasteiger partial charge on any atom is -0.378 e. The van der Waals surface area contributed by atoms with Crippen LogP contribution in [0.2, 0.25) is 0 Å². The molecule has 1 N–H and O–H groups in total. The van der Waals surface area contributed by atoms with Crippen molar-refractivity contribution < 1.29 is 4.92 Å². The van der Waals surface area contributed by atoms with Gasteiger partial charge in [0.15, 0.2) is 0 Å². The smallest absolute Gasteiger partial charge is 0.378 e. The number of hydrogen-bond acceptors (Lipinski definition) is 4. The highest BCUT2D eigenvalue weighted by Crippen LogP contribution is 2.19. The molecule has 14 heavy (non-hydrogen) atoms. The maximum absolute atomic E-state index is 10.6. The molecule has 1 rings (SSSR count). The number of nitrogens with one attached hydrogen (secondary N) is 1. The fraction of sp³-hybridized carbons (Fsp3) is 0.444. The summed E-state index contributed by atoms with van der Waals surface area (Å²) in [6, 6.07) is 3.34. The summed E-state index contributed by atoms with van der Waals surface area (Å²) >= 11 is 0. The molecule has 0 fully saturated rings. The minimum atomic E-state index is -0.483. The lowest BCUT2D eigenvalue weighted by Crippen LogP contribution is -2.09. The lowest BCUT2D eigenvalue weighted by Gasteiger charge is -2.07. The summed E-state index contributed by atoms with van der Waals surface area (Å²) in [5.41, 5.74) is 0.478. The summed E-state index contributed by atoms with van der Waals surface area (Å²) in [6.45, 7) is 4.77. The van der Waals surface area contributed by atoms with E-state index in [0.717, 1.165) is 0 Å². The second-order valence-corrected chi connectivity index (χ2v) is 3.41. The van der Waals surface area contributed by atoms with Crippen LogP contribution in [-0.2, 0) is 0 Å². The second-order valence-electron chi connectivity index (χ2n) is 3.41. The van der Waals surface area contributed by atoms with E-state index in [1.807, 2.05) is 13.8 Å². The Hall–Kier alpha value is -1.65. The quantitative estimate of drug-likeness (QED) is 0.589. The van der Waals surface area contributed by atoms with Crippen molar-refractivity contribution in [2.75, 3.05) is 11.9 Å². The molecule has 1 heterocycles. The molecule has 0 saturated heterocycles. The van der Waals surface area contributed by atoms with Gasteiger partial charge in [0.2, 0.25) is 0 Å². The predicted octanol–water partition coefficient (Wildman–Crippen LogP) is 2.06. The molecule has 0 unspecified atom stereocenters. The minimum absolute atomic E-state index is 0.117. The summed E-state index contributed by atoms with van der Waals surface area (Å²) < 4.78 is 0. The van der Waals surface area contributed by atoms with E-state index in [1.54, 1.807) is 12.1 Å². The van der Waals surface area contributed by atoms with E-state index >= 15 is 0 Å². The van der Waals surface area contributed by atoms with Crippen LogP contribution >= 0.6 is 0 Å². The summed E-state index contributed by atoms with van der Waals surface area (Å²) in [6.07, 6.45) is 1.42. The molecule has 0 aliphatic carbocycles. The zero-order valence-electron chi connectivity index (χ0n) is 8.23. The molecule has 1 aromatic heterocycles. The molecule has 76 valence electrons. The molecule has 0 aromatic carbocycles. The van der Waals surface area contributed by atoms with E-state index in [1.165, 1.54) is 6.20 Å². The van der Waals surface area contributed by atoms with E-state index in [-0.39, 0.29) is 5.82 Å². The fourth-order valence-corrected chi connectivity index (χ4v) is 0.995. The van der Waals surface area contributed by atoms with Gasteiger partial charge in [0.1, 0.15) is 11.9 Å². The van der Waals surface area contributed by atoms with Crippen LogP contribution < -0.4 is 5.32 Å². The van der Waals surface area contributed by atoms with Crippen LogP contribution in [0.3, 0.4) is 0 Å². The normalized spacial score (nSPS) is 10.2. The van der Waals surface area contributed by atoms with Crippen LogP contribution in [0.15, 0.2) is 18.3 Å². The zero-order chi connectivity index (χ0) is 10.6. The molecule has 0 aliphatic rings. The first-order chi connectivity index (χ1) is 6.61. The second kappa shape index (κ2) is 4.55. The Labute approximate surface area is 82.3 Å². The third-order valence-corrected chi connectivity index (χ3v) is 1.66. The SMILES string of the molecule is CC(C)CNc1cccnc1[N+](=O)[O-]. The predicted molar refractivity (Wildman–Crippen MR) is 54.2 cm³/mol. The first-order valence-electron chi connectivity index (χ1n) is 4.44. The molecule has 0 atom stereocenters. The monoisotopic (exact) mass is 195 g/mol. The molecular formula is C9H13N3O2. The van der Waals surface area contributed by atoms with Crippen LogP contribution in [-0.4, -0.2) is 16.5 Å². The molecule has 5 nitrogen and oxygen atoms in total. The van der Waals surface area contributed by atoms with E-state index in [9.17, 15) is 10.1 Å². The number of aromatic nitrogens is 1. The van der Waals surface area contributed by atoms with Crippen molar-refractivity contribution >= 4 is 11.5 Å². The summed E-state index contributed by atoms with van der Waals surface area (Å²) in [4.78, 5) is 13.8. The number of pyridine rings is 1. The van der Waals surface area contributed by atoms with Gasteiger partial charge in [0.25, 0.3) is 0 Å². The van der Waals surface area contributed by atoms with E-state index in [2.05, 4.69) is 10.3 Å². The Morgan fingerprint density at radius 3 is 2.93 bits per heavy atom. The number of rotatable bonds is 4. The van der Waals surface area contributed by atoms with E-state index in [0.29, 0.717) is 18.2 Å². The van der Waals surface area contributed by atoms with Crippen molar-refractivity contribution in [1.82, 2.24) is 4.98 Å². The van der Waals surface area contributed by atoms with Crippen molar-refractivity contribution in [2.45, 2.75) is 13.8 Å². The highest BCUT2D eigenvalue weighted by Gasteiger charge is 2.13. The zero-order valence-corrected chi connectivity index (χ0v) is 8.23. The van der Waals surface area contributed by atoms with Crippen molar-refractivity contribution in [3.63, 3.8) is 0 Å². The topological polar surface area (TPSA) is 68.1 Å². The van der Waals surface area contributed by atoms with Crippen molar-refractivity contribution in [3.05, 3.63) is 28.4 Å². The van der Waals surface area contributed by atoms with Crippen LogP contribution in [0.25, 0.3) is 0 Å². The number of anilines is 1. The summed E-state index contributed by atoms with van der Waals surface area (Å²) in [7, 11) is 0. The molecule has 0 saturated carbocycles. The number of hydrogen-bond donors (Lipinski definition) is 1. The number of nitro groups is 1. The van der Waals surface area contributed by atoms with Gasteiger partial charge in [-0.15, -0.1) is 0 Å². The molecule has 5 heteroatoms. The lowest BCUT2D eigenvalue weighted by molar-refractivity contribution is -0.388. The van der Waals surface area contributed by atoms with Crippen LogP contribution in [0.4, 0.5) is 11.5 Å². The maximum Gasteiger partial charge on any atom is 0.386 e. The van der Waals surface area contributed by atoms with E-state index in [4.69, 9.17) is 0 Å². The van der Waals surface area contributed by atoms with Gasteiger partial charge in [0.05, 0.1) is 0 Å². The molecule has 0 bridgehead atoms.